The molecular weight excluding hydrogens is 236 g/mol. The highest BCUT2D eigenvalue weighted by Crippen LogP contribution is 2.22. The molecule has 0 aromatic heterocycles. The number of sulfone groups is 1. The number of rotatable bonds is 3. The van der Waals surface area contributed by atoms with E-state index in [1.807, 2.05) is 0 Å². The van der Waals surface area contributed by atoms with E-state index in [0.717, 1.165) is 0 Å². The summed E-state index contributed by atoms with van der Waals surface area (Å²) >= 11 is 0. The molecule has 0 aliphatic heterocycles. The molecule has 0 saturated carbocycles. The SMILES string of the molecule is COc1ccc(S(=O)(=O)c2ccccc2)cc1. The van der Waals surface area contributed by atoms with Gasteiger partial charge < -0.3 is 4.74 Å². The molecule has 0 N–H and O–H groups in total. The van der Waals surface area contributed by atoms with E-state index in [1.165, 1.54) is 0 Å². The summed E-state index contributed by atoms with van der Waals surface area (Å²) in [4.78, 5) is 0.565. The van der Waals surface area contributed by atoms with Gasteiger partial charge in [0.1, 0.15) is 5.75 Å². The predicted molar refractivity (Wildman–Crippen MR) is 64.9 cm³/mol. The second-order valence-electron chi connectivity index (χ2n) is 3.49. The van der Waals surface area contributed by atoms with Gasteiger partial charge in [-0.3, -0.25) is 0 Å². The summed E-state index contributed by atoms with van der Waals surface area (Å²) in [7, 11) is -1.88. The summed E-state index contributed by atoms with van der Waals surface area (Å²) in [6.07, 6.45) is 0. The third kappa shape index (κ3) is 2.31. The second kappa shape index (κ2) is 4.59. The van der Waals surface area contributed by atoms with Crippen LogP contribution in [-0.4, -0.2) is 15.5 Å². The Kier molecular flexibility index (Phi) is 3.15. The van der Waals surface area contributed by atoms with Crippen LogP contribution in [0.3, 0.4) is 0 Å². The van der Waals surface area contributed by atoms with Crippen LogP contribution in [0.2, 0.25) is 0 Å². The Morgan fingerprint density at radius 1 is 0.824 bits per heavy atom. The first-order chi connectivity index (χ1) is 8.14. The van der Waals surface area contributed by atoms with Crippen molar-refractivity contribution in [2.75, 3.05) is 7.11 Å². The number of hydrogen-bond acceptors (Lipinski definition) is 3. The van der Waals surface area contributed by atoms with Crippen LogP contribution in [0.15, 0.2) is 64.4 Å². The maximum absolute atomic E-state index is 12.2. The summed E-state index contributed by atoms with van der Waals surface area (Å²) in [6, 6.07) is 14.7. The van der Waals surface area contributed by atoms with Crippen molar-refractivity contribution in [1.29, 1.82) is 0 Å². The van der Waals surface area contributed by atoms with Crippen LogP contribution in [0.1, 0.15) is 0 Å². The molecule has 0 atom stereocenters. The Morgan fingerprint density at radius 3 is 1.88 bits per heavy atom. The second-order valence-corrected chi connectivity index (χ2v) is 5.44. The lowest BCUT2D eigenvalue weighted by Crippen LogP contribution is -2.01. The third-order valence-electron chi connectivity index (χ3n) is 2.42. The summed E-state index contributed by atoms with van der Waals surface area (Å²) in [5.74, 6) is 0.636. The first-order valence-corrected chi connectivity index (χ1v) is 6.57. The van der Waals surface area contributed by atoms with E-state index in [4.69, 9.17) is 4.74 Å². The molecule has 2 aromatic rings. The molecule has 2 rings (SSSR count). The van der Waals surface area contributed by atoms with Gasteiger partial charge in [0.25, 0.3) is 0 Å². The van der Waals surface area contributed by atoms with Crippen LogP contribution in [0.5, 0.6) is 5.75 Å². The van der Waals surface area contributed by atoms with Crippen LogP contribution in [0, 0.1) is 0 Å². The minimum Gasteiger partial charge on any atom is -0.497 e. The number of ether oxygens (including phenoxy) is 1. The Bertz CT molecular complexity index is 586. The maximum atomic E-state index is 12.2. The lowest BCUT2D eigenvalue weighted by Gasteiger charge is -2.05. The summed E-state index contributed by atoms with van der Waals surface area (Å²) < 4.78 is 29.4. The number of methoxy groups -OCH3 is 1. The molecule has 0 aliphatic carbocycles. The fourth-order valence-corrected chi connectivity index (χ4v) is 2.77. The minimum absolute atomic E-state index is 0.268. The molecule has 0 amide bonds. The quantitative estimate of drug-likeness (QED) is 0.838. The van der Waals surface area contributed by atoms with E-state index in [2.05, 4.69) is 0 Å². The number of hydrogen-bond donors (Lipinski definition) is 0. The fourth-order valence-electron chi connectivity index (χ4n) is 1.49. The molecule has 0 heterocycles. The highest BCUT2D eigenvalue weighted by molar-refractivity contribution is 7.91. The van der Waals surface area contributed by atoms with Crippen LogP contribution in [0.4, 0.5) is 0 Å². The maximum Gasteiger partial charge on any atom is 0.206 e. The third-order valence-corrected chi connectivity index (χ3v) is 4.21. The van der Waals surface area contributed by atoms with Crippen LogP contribution in [0.25, 0.3) is 0 Å². The first-order valence-electron chi connectivity index (χ1n) is 5.09. The minimum atomic E-state index is -3.42. The zero-order chi connectivity index (χ0) is 12.3. The highest BCUT2D eigenvalue weighted by atomic mass is 32.2. The monoisotopic (exact) mass is 248 g/mol. The lowest BCUT2D eigenvalue weighted by molar-refractivity contribution is 0.414. The smallest absolute Gasteiger partial charge is 0.206 e. The zero-order valence-corrected chi connectivity index (χ0v) is 10.1. The highest BCUT2D eigenvalue weighted by Gasteiger charge is 2.16. The van der Waals surface area contributed by atoms with Crippen LogP contribution < -0.4 is 4.74 Å². The van der Waals surface area contributed by atoms with E-state index in [1.54, 1.807) is 61.7 Å². The summed E-state index contributed by atoms with van der Waals surface area (Å²) in [6.45, 7) is 0. The largest absolute Gasteiger partial charge is 0.497 e. The summed E-state index contributed by atoms with van der Waals surface area (Å²) in [5, 5.41) is 0. The van der Waals surface area contributed by atoms with E-state index in [9.17, 15) is 8.42 Å². The molecule has 17 heavy (non-hydrogen) atoms. The topological polar surface area (TPSA) is 43.4 Å². The van der Waals surface area contributed by atoms with Gasteiger partial charge in [-0.1, -0.05) is 18.2 Å². The molecule has 2 aromatic carbocycles. The zero-order valence-electron chi connectivity index (χ0n) is 9.33. The first kappa shape index (κ1) is 11.7. The van der Waals surface area contributed by atoms with Gasteiger partial charge in [0.2, 0.25) is 9.84 Å². The van der Waals surface area contributed by atoms with Crippen molar-refractivity contribution in [3.05, 3.63) is 54.6 Å². The van der Waals surface area contributed by atoms with Crippen LogP contribution in [-0.2, 0) is 9.84 Å². The van der Waals surface area contributed by atoms with Gasteiger partial charge in [-0.05, 0) is 36.4 Å². The predicted octanol–water partition coefficient (Wildman–Crippen LogP) is 2.53. The Morgan fingerprint density at radius 2 is 1.35 bits per heavy atom. The molecule has 0 bridgehead atoms. The lowest BCUT2D eigenvalue weighted by atomic mass is 10.3. The molecular formula is C13H12O3S. The van der Waals surface area contributed by atoms with Gasteiger partial charge in [-0.2, -0.15) is 0 Å². The molecule has 3 nitrogen and oxygen atoms in total. The van der Waals surface area contributed by atoms with Gasteiger partial charge in [-0.15, -0.1) is 0 Å². The molecule has 88 valence electrons. The van der Waals surface area contributed by atoms with Crippen molar-refractivity contribution in [1.82, 2.24) is 0 Å². The van der Waals surface area contributed by atoms with Crippen molar-refractivity contribution in [3.8, 4) is 5.75 Å². The average molecular weight is 248 g/mol. The standard InChI is InChI=1S/C13H12O3S/c1-16-11-7-9-13(10-8-11)17(14,15)12-5-3-2-4-6-12/h2-10H,1H3. The van der Waals surface area contributed by atoms with Gasteiger partial charge in [0.05, 0.1) is 16.9 Å². The van der Waals surface area contributed by atoms with Crippen LogP contribution >= 0.6 is 0 Å². The van der Waals surface area contributed by atoms with E-state index >= 15 is 0 Å². The van der Waals surface area contributed by atoms with Crippen molar-refractivity contribution < 1.29 is 13.2 Å². The molecule has 0 radical (unpaired) electrons. The molecule has 0 saturated heterocycles. The van der Waals surface area contributed by atoms with Gasteiger partial charge >= 0.3 is 0 Å². The van der Waals surface area contributed by atoms with Crippen molar-refractivity contribution in [2.45, 2.75) is 9.79 Å². The molecule has 0 fully saturated rings. The number of benzene rings is 2. The Labute approximate surface area is 101 Å². The van der Waals surface area contributed by atoms with E-state index in [-0.39, 0.29) is 4.90 Å². The van der Waals surface area contributed by atoms with Gasteiger partial charge in [0, 0.05) is 0 Å². The fraction of sp³-hybridized carbons (Fsp3) is 0.0769. The van der Waals surface area contributed by atoms with E-state index < -0.39 is 9.84 Å². The molecule has 4 heteroatoms. The van der Waals surface area contributed by atoms with Crippen molar-refractivity contribution in [3.63, 3.8) is 0 Å². The van der Waals surface area contributed by atoms with E-state index in [0.29, 0.717) is 10.6 Å². The molecule has 0 spiro atoms. The normalized spacial score (nSPS) is 11.1. The summed E-state index contributed by atoms with van der Waals surface area (Å²) in [5.41, 5.74) is 0. The van der Waals surface area contributed by atoms with Gasteiger partial charge in [0.15, 0.2) is 0 Å². The van der Waals surface area contributed by atoms with Crippen molar-refractivity contribution >= 4 is 9.84 Å². The Balaban J connectivity index is 2.45. The molecule has 0 unspecified atom stereocenters. The van der Waals surface area contributed by atoms with Gasteiger partial charge in [-0.25, -0.2) is 8.42 Å². The van der Waals surface area contributed by atoms with Crippen molar-refractivity contribution in [2.24, 2.45) is 0 Å². The average Bonchev–Trinajstić information content (AvgIpc) is 2.40. The Hall–Kier alpha value is -1.81. The molecule has 0 aliphatic rings.